The second-order valence-corrected chi connectivity index (χ2v) is 5.68. The van der Waals surface area contributed by atoms with Crippen LogP contribution in [0.15, 0.2) is 24.3 Å². The van der Waals surface area contributed by atoms with E-state index >= 15 is 0 Å². The van der Waals surface area contributed by atoms with Crippen LogP contribution in [0.1, 0.15) is 25.8 Å². The Labute approximate surface area is 113 Å². The number of benzene rings is 1. The molecular formula is C15H21NO3. The van der Waals surface area contributed by atoms with Gasteiger partial charge in [-0.25, -0.2) is 0 Å². The average molecular weight is 263 g/mol. The number of hydrogen-bond donors (Lipinski definition) is 2. The van der Waals surface area contributed by atoms with E-state index in [4.69, 9.17) is 4.74 Å². The minimum absolute atomic E-state index is 0.0145. The number of ether oxygens (including phenoxy) is 1. The number of carbonyl (C=O) groups is 1. The van der Waals surface area contributed by atoms with Gasteiger partial charge in [0, 0.05) is 5.92 Å². The highest BCUT2D eigenvalue weighted by atomic mass is 16.5. The molecule has 1 heterocycles. The van der Waals surface area contributed by atoms with Crippen molar-refractivity contribution in [3.8, 4) is 5.75 Å². The molecule has 0 aliphatic carbocycles. The van der Waals surface area contributed by atoms with Crippen molar-refractivity contribution in [2.75, 3.05) is 13.2 Å². The fraction of sp³-hybridized carbons (Fsp3) is 0.533. The van der Waals surface area contributed by atoms with Gasteiger partial charge in [-0.2, -0.15) is 0 Å². The van der Waals surface area contributed by atoms with Crippen LogP contribution in [0.3, 0.4) is 0 Å². The molecule has 0 saturated carbocycles. The van der Waals surface area contributed by atoms with Gasteiger partial charge >= 0.3 is 0 Å². The largest absolute Gasteiger partial charge is 0.493 e. The highest BCUT2D eigenvalue weighted by Crippen LogP contribution is 2.26. The Kier molecular flexibility index (Phi) is 4.10. The van der Waals surface area contributed by atoms with Crippen LogP contribution in [0.4, 0.5) is 0 Å². The highest BCUT2D eigenvalue weighted by molar-refractivity contribution is 5.80. The lowest BCUT2D eigenvalue weighted by Crippen LogP contribution is -2.49. The lowest BCUT2D eigenvalue weighted by Gasteiger charge is -2.26. The molecule has 104 valence electrons. The zero-order chi connectivity index (χ0) is 13.9. The summed E-state index contributed by atoms with van der Waals surface area (Å²) in [6.45, 7) is 4.10. The molecule has 2 N–H and O–H groups in total. The Bertz CT molecular complexity index is 456. The van der Waals surface area contributed by atoms with Crippen LogP contribution in [0.2, 0.25) is 0 Å². The van der Waals surface area contributed by atoms with Gasteiger partial charge in [0.15, 0.2) is 0 Å². The summed E-state index contributed by atoms with van der Waals surface area (Å²) in [5, 5.41) is 12.1. The molecule has 4 nitrogen and oxygen atoms in total. The van der Waals surface area contributed by atoms with Crippen LogP contribution in [0.25, 0.3) is 0 Å². The third kappa shape index (κ3) is 3.47. The lowest BCUT2D eigenvalue weighted by molar-refractivity contribution is -0.127. The summed E-state index contributed by atoms with van der Waals surface area (Å²) >= 11 is 0. The summed E-state index contributed by atoms with van der Waals surface area (Å²) in [6, 6.07) is 7.83. The fourth-order valence-corrected chi connectivity index (χ4v) is 2.19. The maximum atomic E-state index is 12.3. The topological polar surface area (TPSA) is 58.6 Å². The average Bonchev–Trinajstić information content (AvgIpc) is 2.60. The van der Waals surface area contributed by atoms with Crippen molar-refractivity contribution in [1.29, 1.82) is 0 Å². The smallest absolute Gasteiger partial charge is 0.224 e. The molecule has 0 bridgehead atoms. The van der Waals surface area contributed by atoms with Crippen molar-refractivity contribution < 1.29 is 14.6 Å². The molecule has 1 aromatic carbocycles. The van der Waals surface area contributed by atoms with Gasteiger partial charge in [-0.1, -0.05) is 18.2 Å². The van der Waals surface area contributed by atoms with Crippen molar-refractivity contribution in [3.63, 3.8) is 0 Å². The van der Waals surface area contributed by atoms with Gasteiger partial charge in [-0.15, -0.1) is 0 Å². The van der Waals surface area contributed by atoms with E-state index in [1.807, 2.05) is 38.1 Å². The number of nitrogens with one attached hydrogen (secondary N) is 1. The van der Waals surface area contributed by atoms with E-state index in [1.54, 1.807) is 0 Å². The molecule has 1 aromatic rings. The molecule has 0 saturated heterocycles. The molecule has 1 aliphatic heterocycles. The zero-order valence-electron chi connectivity index (χ0n) is 11.5. The first-order valence-corrected chi connectivity index (χ1v) is 6.65. The summed E-state index contributed by atoms with van der Waals surface area (Å²) < 4.78 is 5.66. The van der Waals surface area contributed by atoms with Crippen LogP contribution < -0.4 is 10.1 Å². The Balaban J connectivity index is 2.08. The maximum absolute atomic E-state index is 12.3. The number of aliphatic hydroxyl groups excluding tert-OH is 1. The monoisotopic (exact) mass is 263 g/mol. The first-order valence-electron chi connectivity index (χ1n) is 6.65. The molecule has 0 spiro atoms. The number of rotatable bonds is 3. The maximum Gasteiger partial charge on any atom is 0.224 e. The van der Waals surface area contributed by atoms with Crippen LogP contribution in [0.5, 0.6) is 5.75 Å². The molecule has 2 rings (SSSR count). The van der Waals surface area contributed by atoms with Crippen LogP contribution >= 0.6 is 0 Å². The first-order chi connectivity index (χ1) is 9.02. The van der Waals surface area contributed by atoms with Crippen molar-refractivity contribution in [1.82, 2.24) is 5.32 Å². The Morgan fingerprint density at radius 1 is 1.47 bits per heavy atom. The number of amides is 1. The van der Waals surface area contributed by atoms with E-state index in [-0.39, 0.29) is 18.4 Å². The fourth-order valence-electron chi connectivity index (χ4n) is 2.19. The number of carbonyl (C=O) groups excluding carboxylic acids is 1. The van der Waals surface area contributed by atoms with E-state index in [0.29, 0.717) is 19.4 Å². The highest BCUT2D eigenvalue weighted by Gasteiger charge is 2.27. The Morgan fingerprint density at radius 2 is 2.21 bits per heavy atom. The molecular weight excluding hydrogens is 242 g/mol. The van der Waals surface area contributed by atoms with E-state index in [0.717, 1.165) is 11.3 Å². The normalized spacial score (nSPS) is 19.0. The summed E-state index contributed by atoms with van der Waals surface area (Å²) in [7, 11) is 0. The number of fused-ring (bicyclic) bond motifs is 1. The van der Waals surface area contributed by atoms with Crippen LogP contribution in [0, 0.1) is 5.92 Å². The van der Waals surface area contributed by atoms with Gasteiger partial charge in [0.1, 0.15) is 5.75 Å². The van der Waals surface area contributed by atoms with Gasteiger partial charge in [0.05, 0.1) is 18.8 Å². The minimum Gasteiger partial charge on any atom is -0.493 e. The Morgan fingerprint density at radius 3 is 2.95 bits per heavy atom. The number of aliphatic hydroxyl groups is 1. The summed E-state index contributed by atoms with van der Waals surface area (Å²) in [5.41, 5.74) is 0.492. The molecule has 1 atom stereocenters. The van der Waals surface area contributed by atoms with Crippen molar-refractivity contribution >= 4 is 5.91 Å². The molecule has 0 radical (unpaired) electrons. The molecule has 1 aliphatic rings. The zero-order valence-corrected chi connectivity index (χ0v) is 11.5. The third-order valence-corrected chi connectivity index (χ3v) is 3.39. The third-order valence-electron chi connectivity index (χ3n) is 3.39. The van der Waals surface area contributed by atoms with Crippen LogP contribution in [-0.2, 0) is 11.2 Å². The molecule has 0 aromatic heterocycles. The SMILES string of the molecule is CC(C)(CO)NC(=O)C1CCOc2ccccc2C1. The number of hydrogen-bond acceptors (Lipinski definition) is 3. The van der Waals surface area contributed by atoms with E-state index in [9.17, 15) is 9.90 Å². The van der Waals surface area contributed by atoms with Crippen molar-refractivity contribution in [2.24, 2.45) is 5.92 Å². The molecule has 19 heavy (non-hydrogen) atoms. The van der Waals surface area contributed by atoms with Gasteiger partial charge < -0.3 is 15.2 Å². The van der Waals surface area contributed by atoms with E-state index in [2.05, 4.69) is 5.32 Å². The Hall–Kier alpha value is -1.55. The van der Waals surface area contributed by atoms with Gasteiger partial charge in [-0.05, 0) is 38.3 Å². The second kappa shape index (κ2) is 5.61. The minimum atomic E-state index is -0.580. The quantitative estimate of drug-likeness (QED) is 0.869. The van der Waals surface area contributed by atoms with Crippen LogP contribution in [-0.4, -0.2) is 29.8 Å². The summed E-state index contributed by atoms with van der Waals surface area (Å²) in [6.07, 6.45) is 1.38. The first kappa shape index (κ1) is 13.9. The van der Waals surface area contributed by atoms with E-state index in [1.165, 1.54) is 0 Å². The number of para-hydroxylation sites is 1. The van der Waals surface area contributed by atoms with E-state index < -0.39 is 5.54 Å². The van der Waals surface area contributed by atoms with Crippen molar-refractivity contribution in [3.05, 3.63) is 29.8 Å². The summed E-state index contributed by atoms with van der Waals surface area (Å²) in [5.74, 6) is 0.757. The predicted octanol–water partition coefficient (Wildman–Crippen LogP) is 1.51. The molecule has 0 fully saturated rings. The molecule has 1 unspecified atom stereocenters. The molecule has 4 heteroatoms. The predicted molar refractivity (Wildman–Crippen MR) is 73.1 cm³/mol. The second-order valence-electron chi connectivity index (χ2n) is 5.68. The van der Waals surface area contributed by atoms with Gasteiger partial charge in [0.25, 0.3) is 0 Å². The van der Waals surface area contributed by atoms with Crippen molar-refractivity contribution in [2.45, 2.75) is 32.2 Å². The lowest BCUT2D eigenvalue weighted by atomic mass is 9.94. The standard InChI is InChI=1S/C15H21NO3/c1-15(2,10-17)16-14(18)12-7-8-19-13-6-4-3-5-11(13)9-12/h3-6,12,17H,7-10H2,1-2H3,(H,16,18). The molecule has 1 amide bonds. The van der Waals surface area contributed by atoms with Gasteiger partial charge in [0.2, 0.25) is 5.91 Å². The summed E-state index contributed by atoms with van der Waals surface area (Å²) in [4.78, 5) is 12.3. The van der Waals surface area contributed by atoms with Gasteiger partial charge in [-0.3, -0.25) is 4.79 Å².